The lowest BCUT2D eigenvalue weighted by Gasteiger charge is -2.21. The fourth-order valence-corrected chi connectivity index (χ4v) is 1.12. The lowest BCUT2D eigenvalue weighted by molar-refractivity contribution is -0.142. The van der Waals surface area contributed by atoms with Crippen molar-refractivity contribution < 1.29 is 19.8 Å². The molecule has 0 aliphatic carbocycles. The number of hydrogen-bond donors (Lipinski definition) is 4. The van der Waals surface area contributed by atoms with Gasteiger partial charge in [0, 0.05) is 6.54 Å². The number of rotatable bonds is 8. The SMILES string of the molecule is CCCNCC(=O)NCC(C)(O)CC(=O)O. The van der Waals surface area contributed by atoms with E-state index in [-0.39, 0.29) is 19.0 Å². The summed E-state index contributed by atoms with van der Waals surface area (Å²) in [6.45, 7) is 4.23. The number of carbonyl (C=O) groups excluding carboxylic acids is 1. The van der Waals surface area contributed by atoms with Crippen molar-refractivity contribution >= 4 is 11.9 Å². The van der Waals surface area contributed by atoms with Gasteiger partial charge < -0.3 is 20.8 Å². The van der Waals surface area contributed by atoms with Crippen LogP contribution in [-0.2, 0) is 9.59 Å². The number of nitrogens with one attached hydrogen (secondary N) is 2. The molecule has 4 N–H and O–H groups in total. The van der Waals surface area contributed by atoms with Crippen LogP contribution < -0.4 is 10.6 Å². The monoisotopic (exact) mass is 232 g/mol. The summed E-state index contributed by atoms with van der Waals surface area (Å²) in [7, 11) is 0. The zero-order chi connectivity index (χ0) is 12.6. The van der Waals surface area contributed by atoms with Crippen LogP contribution in [0.3, 0.4) is 0 Å². The lowest BCUT2D eigenvalue weighted by atomic mass is 10.0. The molecule has 94 valence electrons. The number of carbonyl (C=O) groups is 2. The van der Waals surface area contributed by atoms with Gasteiger partial charge in [-0.15, -0.1) is 0 Å². The Balaban J connectivity index is 3.77. The maximum Gasteiger partial charge on any atom is 0.306 e. The topological polar surface area (TPSA) is 98.7 Å². The second-order valence-electron chi connectivity index (χ2n) is 4.02. The molecule has 0 aromatic carbocycles. The number of hydrogen-bond acceptors (Lipinski definition) is 4. The van der Waals surface area contributed by atoms with Crippen molar-refractivity contribution in [1.29, 1.82) is 0 Å². The standard InChI is InChI=1S/C10H20N2O4/c1-3-4-11-6-8(13)12-7-10(2,16)5-9(14)15/h11,16H,3-7H2,1-2H3,(H,12,13)(H,14,15). The third-order valence-corrected chi connectivity index (χ3v) is 1.91. The summed E-state index contributed by atoms with van der Waals surface area (Å²) in [5, 5.41) is 23.5. The van der Waals surface area contributed by atoms with Crippen LogP contribution in [-0.4, -0.2) is 47.3 Å². The quantitative estimate of drug-likeness (QED) is 0.416. The van der Waals surface area contributed by atoms with E-state index in [4.69, 9.17) is 5.11 Å². The van der Waals surface area contributed by atoms with E-state index in [0.29, 0.717) is 0 Å². The Bertz CT molecular complexity index is 241. The summed E-state index contributed by atoms with van der Waals surface area (Å²) in [5.41, 5.74) is -1.41. The smallest absolute Gasteiger partial charge is 0.306 e. The molecule has 0 aliphatic heterocycles. The summed E-state index contributed by atoms with van der Waals surface area (Å²) in [6, 6.07) is 0. The van der Waals surface area contributed by atoms with Crippen LogP contribution in [0.4, 0.5) is 0 Å². The Morgan fingerprint density at radius 3 is 2.50 bits per heavy atom. The predicted octanol–water partition coefficient (Wildman–Crippen LogP) is -0.672. The van der Waals surface area contributed by atoms with E-state index in [2.05, 4.69) is 10.6 Å². The first-order chi connectivity index (χ1) is 7.37. The molecular weight excluding hydrogens is 212 g/mol. The molecule has 16 heavy (non-hydrogen) atoms. The van der Waals surface area contributed by atoms with Crippen molar-refractivity contribution in [3.63, 3.8) is 0 Å². The normalized spacial score (nSPS) is 14.2. The Morgan fingerprint density at radius 2 is 2.00 bits per heavy atom. The van der Waals surface area contributed by atoms with Crippen LogP contribution in [0.2, 0.25) is 0 Å². The van der Waals surface area contributed by atoms with E-state index in [1.54, 1.807) is 0 Å². The minimum absolute atomic E-state index is 0.0636. The molecule has 0 aromatic heterocycles. The van der Waals surface area contributed by atoms with E-state index in [1.807, 2.05) is 6.92 Å². The highest BCUT2D eigenvalue weighted by Crippen LogP contribution is 2.06. The van der Waals surface area contributed by atoms with Crippen LogP contribution in [0, 0.1) is 0 Å². The summed E-state index contributed by atoms with van der Waals surface area (Å²) in [6.07, 6.45) is 0.541. The number of carboxylic acid groups (broad SMARTS) is 1. The minimum atomic E-state index is -1.41. The average Bonchev–Trinajstić information content (AvgIpc) is 2.13. The molecule has 6 heteroatoms. The van der Waals surface area contributed by atoms with E-state index in [0.717, 1.165) is 13.0 Å². The van der Waals surface area contributed by atoms with Crippen molar-refractivity contribution in [2.24, 2.45) is 0 Å². The maximum atomic E-state index is 11.2. The third-order valence-electron chi connectivity index (χ3n) is 1.91. The van der Waals surface area contributed by atoms with E-state index >= 15 is 0 Å². The molecule has 1 atom stereocenters. The van der Waals surface area contributed by atoms with Crippen molar-refractivity contribution in [2.45, 2.75) is 32.3 Å². The molecule has 0 fully saturated rings. The van der Waals surface area contributed by atoms with Gasteiger partial charge in [0.2, 0.25) is 5.91 Å². The molecule has 1 unspecified atom stereocenters. The minimum Gasteiger partial charge on any atom is -0.481 e. The van der Waals surface area contributed by atoms with Gasteiger partial charge >= 0.3 is 5.97 Å². The first-order valence-electron chi connectivity index (χ1n) is 5.29. The Kier molecular flexibility index (Phi) is 6.67. The van der Waals surface area contributed by atoms with Crippen molar-refractivity contribution in [3.05, 3.63) is 0 Å². The molecule has 0 aliphatic rings. The zero-order valence-electron chi connectivity index (χ0n) is 9.75. The van der Waals surface area contributed by atoms with Crippen LogP contribution in [0.15, 0.2) is 0 Å². The molecule has 0 saturated carbocycles. The van der Waals surface area contributed by atoms with Gasteiger partial charge in [-0.1, -0.05) is 6.92 Å². The van der Waals surface area contributed by atoms with Gasteiger partial charge in [-0.3, -0.25) is 9.59 Å². The highest BCUT2D eigenvalue weighted by Gasteiger charge is 2.24. The second-order valence-corrected chi connectivity index (χ2v) is 4.02. The largest absolute Gasteiger partial charge is 0.481 e. The first-order valence-corrected chi connectivity index (χ1v) is 5.29. The summed E-state index contributed by atoms with van der Waals surface area (Å²) >= 11 is 0. The number of amides is 1. The van der Waals surface area contributed by atoms with Gasteiger partial charge in [0.1, 0.15) is 0 Å². The van der Waals surface area contributed by atoms with Gasteiger partial charge in [-0.05, 0) is 19.9 Å². The van der Waals surface area contributed by atoms with Crippen molar-refractivity contribution in [3.8, 4) is 0 Å². The molecular formula is C10H20N2O4. The Hall–Kier alpha value is -1.14. The zero-order valence-corrected chi connectivity index (χ0v) is 9.75. The molecule has 0 radical (unpaired) electrons. The summed E-state index contributed by atoms with van der Waals surface area (Å²) < 4.78 is 0. The molecule has 0 heterocycles. The van der Waals surface area contributed by atoms with Crippen LogP contribution in [0.5, 0.6) is 0 Å². The van der Waals surface area contributed by atoms with Gasteiger partial charge in [0.25, 0.3) is 0 Å². The molecule has 1 amide bonds. The number of carboxylic acids is 1. The van der Waals surface area contributed by atoms with Gasteiger partial charge in [-0.2, -0.15) is 0 Å². The number of aliphatic hydroxyl groups is 1. The maximum absolute atomic E-state index is 11.2. The van der Waals surface area contributed by atoms with Crippen LogP contribution >= 0.6 is 0 Å². The van der Waals surface area contributed by atoms with E-state index < -0.39 is 18.0 Å². The highest BCUT2D eigenvalue weighted by atomic mass is 16.4. The van der Waals surface area contributed by atoms with Crippen molar-refractivity contribution in [1.82, 2.24) is 10.6 Å². The average molecular weight is 232 g/mol. The van der Waals surface area contributed by atoms with Gasteiger partial charge in [0.15, 0.2) is 0 Å². The predicted molar refractivity (Wildman–Crippen MR) is 59.0 cm³/mol. The summed E-state index contributed by atoms with van der Waals surface area (Å²) in [5.74, 6) is -1.34. The highest BCUT2D eigenvalue weighted by molar-refractivity contribution is 5.78. The molecule has 0 bridgehead atoms. The Morgan fingerprint density at radius 1 is 1.38 bits per heavy atom. The molecule has 0 spiro atoms. The molecule has 0 saturated heterocycles. The van der Waals surface area contributed by atoms with Crippen LogP contribution in [0.25, 0.3) is 0 Å². The first kappa shape index (κ1) is 14.9. The van der Waals surface area contributed by atoms with E-state index in [1.165, 1.54) is 6.92 Å². The van der Waals surface area contributed by atoms with Gasteiger partial charge in [-0.25, -0.2) is 0 Å². The second kappa shape index (κ2) is 7.19. The van der Waals surface area contributed by atoms with Crippen molar-refractivity contribution in [2.75, 3.05) is 19.6 Å². The molecule has 0 rings (SSSR count). The lowest BCUT2D eigenvalue weighted by Crippen LogP contribution is -2.44. The molecule has 0 aromatic rings. The fourth-order valence-electron chi connectivity index (χ4n) is 1.12. The fraction of sp³-hybridized carbons (Fsp3) is 0.800. The number of aliphatic carboxylic acids is 1. The summed E-state index contributed by atoms with van der Waals surface area (Å²) in [4.78, 5) is 21.6. The third kappa shape index (κ3) is 8.19. The van der Waals surface area contributed by atoms with Crippen LogP contribution in [0.1, 0.15) is 26.7 Å². The molecule has 6 nitrogen and oxygen atoms in total. The van der Waals surface area contributed by atoms with Gasteiger partial charge in [0.05, 0.1) is 18.6 Å². The van der Waals surface area contributed by atoms with E-state index in [9.17, 15) is 14.7 Å². The Labute approximate surface area is 95.0 Å².